The quantitative estimate of drug-likeness (QED) is 0.537. The van der Waals surface area contributed by atoms with Crippen molar-refractivity contribution < 1.29 is 9.31 Å². The van der Waals surface area contributed by atoms with Crippen LogP contribution in [-0.2, 0) is 9.31 Å². The predicted molar refractivity (Wildman–Crippen MR) is 67.1 cm³/mol. The monoisotopic (exact) mass is 220 g/mol. The summed E-state index contributed by atoms with van der Waals surface area (Å²) in [5.74, 6) is 2.80. The highest BCUT2D eigenvalue weighted by atomic mass is 16.6. The van der Waals surface area contributed by atoms with Gasteiger partial charge < -0.3 is 9.31 Å². The van der Waals surface area contributed by atoms with E-state index in [4.69, 9.17) is 9.31 Å². The molecule has 0 spiro atoms. The van der Waals surface area contributed by atoms with Crippen molar-refractivity contribution in [3.05, 3.63) is 24.2 Å². The van der Waals surface area contributed by atoms with Gasteiger partial charge in [-0.05, 0) is 25.2 Å². The van der Waals surface area contributed by atoms with Crippen molar-refractivity contribution in [1.82, 2.24) is 0 Å². The van der Waals surface area contributed by atoms with Crippen molar-refractivity contribution >= 4 is 7.12 Å². The molecule has 2 nitrogen and oxygen atoms in total. The van der Waals surface area contributed by atoms with Crippen molar-refractivity contribution in [2.75, 3.05) is 13.2 Å². The fourth-order valence-corrected chi connectivity index (χ4v) is 2.32. The maximum atomic E-state index is 5.43. The second-order valence-electron chi connectivity index (χ2n) is 4.63. The lowest BCUT2D eigenvalue weighted by atomic mass is 9.87. The average molecular weight is 220 g/mol. The zero-order valence-corrected chi connectivity index (χ0v) is 9.94. The van der Waals surface area contributed by atoms with E-state index in [1.807, 2.05) is 5.98 Å². The molecule has 88 valence electrons. The summed E-state index contributed by atoms with van der Waals surface area (Å²) in [6.45, 7) is 1.64. The first-order valence-corrected chi connectivity index (χ1v) is 6.53. The predicted octanol–water partition coefficient (Wildman–Crippen LogP) is 3.14. The van der Waals surface area contributed by atoms with Crippen LogP contribution in [0.2, 0.25) is 0 Å². The molecule has 0 bridgehead atoms. The molecule has 2 fully saturated rings. The maximum absolute atomic E-state index is 5.43. The van der Waals surface area contributed by atoms with Crippen LogP contribution in [-0.4, -0.2) is 20.3 Å². The van der Waals surface area contributed by atoms with Crippen LogP contribution in [0.5, 0.6) is 0 Å². The molecule has 0 aromatic carbocycles. The maximum Gasteiger partial charge on any atom is 0.486 e. The molecule has 16 heavy (non-hydrogen) atoms. The van der Waals surface area contributed by atoms with Gasteiger partial charge in [0, 0.05) is 13.2 Å². The van der Waals surface area contributed by atoms with Gasteiger partial charge >= 0.3 is 7.12 Å². The Labute approximate surface area is 98.8 Å². The summed E-state index contributed by atoms with van der Waals surface area (Å²) < 4.78 is 10.9. The highest BCUT2D eigenvalue weighted by Crippen LogP contribution is 2.24. The molecule has 1 saturated heterocycles. The molecule has 1 heterocycles. The Balaban J connectivity index is 1.68. The summed E-state index contributed by atoms with van der Waals surface area (Å²) in [6, 6.07) is 0. The first-order chi connectivity index (χ1) is 7.95. The van der Waals surface area contributed by atoms with Crippen molar-refractivity contribution in [3.8, 4) is 0 Å². The molecule has 0 unspecified atom stereocenters. The van der Waals surface area contributed by atoms with E-state index in [-0.39, 0.29) is 7.12 Å². The van der Waals surface area contributed by atoms with Gasteiger partial charge in [-0.1, -0.05) is 43.5 Å². The minimum Gasteiger partial charge on any atom is -0.408 e. The largest absolute Gasteiger partial charge is 0.486 e. The summed E-state index contributed by atoms with van der Waals surface area (Å²) in [7, 11) is -0.121. The van der Waals surface area contributed by atoms with E-state index in [9.17, 15) is 0 Å². The van der Waals surface area contributed by atoms with Gasteiger partial charge in [0.1, 0.15) is 0 Å². The third-order valence-corrected chi connectivity index (χ3v) is 3.27. The van der Waals surface area contributed by atoms with Crippen LogP contribution < -0.4 is 0 Å². The molecule has 0 aromatic rings. The molecule has 1 aliphatic carbocycles. The summed E-state index contributed by atoms with van der Waals surface area (Å²) >= 11 is 0. The van der Waals surface area contributed by atoms with Gasteiger partial charge in [-0.25, -0.2) is 0 Å². The van der Waals surface area contributed by atoms with Crippen LogP contribution >= 0.6 is 0 Å². The van der Waals surface area contributed by atoms with Gasteiger partial charge in [0.2, 0.25) is 0 Å². The Kier molecular flexibility index (Phi) is 5.16. The van der Waals surface area contributed by atoms with Crippen molar-refractivity contribution in [2.45, 2.75) is 38.5 Å². The van der Waals surface area contributed by atoms with Gasteiger partial charge in [-0.15, -0.1) is 0 Å². The molecule has 1 aliphatic heterocycles. The minimum absolute atomic E-state index is 0.121. The van der Waals surface area contributed by atoms with Crippen LogP contribution in [0.15, 0.2) is 24.2 Å². The van der Waals surface area contributed by atoms with Crippen molar-refractivity contribution in [2.24, 2.45) is 5.92 Å². The number of hydrogen-bond donors (Lipinski definition) is 0. The van der Waals surface area contributed by atoms with Crippen LogP contribution in [0.1, 0.15) is 38.5 Å². The molecule has 1 saturated carbocycles. The number of rotatable bonds is 3. The highest BCUT2D eigenvalue weighted by Gasteiger charge is 2.17. The van der Waals surface area contributed by atoms with Crippen LogP contribution in [0, 0.1) is 5.92 Å². The smallest absolute Gasteiger partial charge is 0.408 e. The zero-order valence-electron chi connectivity index (χ0n) is 9.94. The third kappa shape index (κ3) is 4.15. The zero-order chi connectivity index (χ0) is 11.1. The second-order valence-corrected chi connectivity index (χ2v) is 4.63. The summed E-state index contributed by atoms with van der Waals surface area (Å²) in [4.78, 5) is 0. The van der Waals surface area contributed by atoms with E-state index in [2.05, 4.69) is 18.2 Å². The van der Waals surface area contributed by atoms with E-state index < -0.39 is 0 Å². The molecule has 0 amide bonds. The van der Waals surface area contributed by atoms with Crippen molar-refractivity contribution in [3.63, 3.8) is 0 Å². The lowest BCUT2D eigenvalue weighted by Crippen LogP contribution is -2.27. The Morgan fingerprint density at radius 2 is 1.62 bits per heavy atom. The van der Waals surface area contributed by atoms with Gasteiger partial charge in [-0.2, -0.15) is 0 Å². The highest BCUT2D eigenvalue weighted by molar-refractivity contribution is 6.50. The molecule has 0 atom stereocenters. The van der Waals surface area contributed by atoms with Crippen LogP contribution in [0.4, 0.5) is 0 Å². The van der Waals surface area contributed by atoms with Crippen LogP contribution in [0.3, 0.4) is 0 Å². The lowest BCUT2D eigenvalue weighted by molar-refractivity contribution is 0.142. The molecule has 0 radical (unpaired) electrons. The first kappa shape index (κ1) is 11.9. The minimum atomic E-state index is -0.121. The van der Waals surface area contributed by atoms with Crippen LogP contribution in [0.25, 0.3) is 0 Å². The average Bonchev–Trinajstić information content (AvgIpc) is 2.37. The summed E-state index contributed by atoms with van der Waals surface area (Å²) in [5.41, 5.74) is 0. The van der Waals surface area contributed by atoms with E-state index >= 15 is 0 Å². The molecule has 2 rings (SSSR count). The van der Waals surface area contributed by atoms with Gasteiger partial charge in [0.05, 0.1) is 0 Å². The molecular weight excluding hydrogens is 199 g/mol. The molecule has 0 aromatic heterocycles. The Morgan fingerprint density at radius 1 is 0.875 bits per heavy atom. The number of hydrogen-bond acceptors (Lipinski definition) is 2. The Morgan fingerprint density at radius 3 is 2.38 bits per heavy atom. The van der Waals surface area contributed by atoms with E-state index in [1.54, 1.807) is 0 Å². The molecule has 2 aliphatic rings. The lowest BCUT2D eigenvalue weighted by Gasteiger charge is -2.17. The Hall–Kier alpha value is -0.535. The second kappa shape index (κ2) is 6.92. The standard InChI is InChI=1S/C13H21BO2/c1-2-7-13(8-3-1)9-4-5-10-14-15-11-6-12-16-14/h4-5,9-10,13H,1-3,6-8,11-12H2/b9-4-,10-5+. The Bertz CT molecular complexity index is 212. The van der Waals surface area contributed by atoms with E-state index in [0.29, 0.717) is 0 Å². The fourth-order valence-electron chi connectivity index (χ4n) is 2.32. The topological polar surface area (TPSA) is 18.5 Å². The normalized spacial score (nSPS) is 24.6. The van der Waals surface area contributed by atoms with Gasteiger partial charge in [-0.3, -0.25) is 0 Å². The first-order valence-electron chi connectivity index (χ1n) is 6.53. The van der Waals surface area contributed by atoms with E-state index in [0.717, 1.165) is 25.6 Å². The summed E-state index contributed by atoms with van der Waals surface area (Å²) in [6.07, 6.45) is 14.5. The van der Waals surface area contributed by atoms with E-state index in [1.165, 1.54) is 32.1 Å². The van der Waals surface area contributed by atoms with Crippen molar-refractivity contribution in [1.29, 1.82) is 0 Å². The molecule has 3 heteroatoms. The van der Waals surface area contributed by atoms with Gasteiger partial charge in [0.15, 0.2) is 0 Å². The molecule has 0 N–H and O–H groups in total. The third-order valence-electron chi connectivity index (χ3n) is 3.27. The van der Waals surface area contributed by atoms with Gasteiger partial charge in [0.25, 0.3) is 0 Å². The summed E-state index contributed by atoms with van der Waals surface area (Å²) in [5, 5.41) is 0. The number of allylic oxidation sites excluding steroid dienone is 3. The molecular formula is C13H21BO2. The fraction of sp³-hybridized carbons (Fsp3) is 0.692. The SMILES string of the molecule is C(=C/C1CCCCC1)/C=C/B1OCCCO1.